The molecule has 0 aliphatic carbocycles. The summed E-state index contributed by atoms with van der Waals surface area (Å²) in [5, 5.41) is 19.3. The van der Waals surface area contributed by atoms with Crippen LogP contribution in [-0.4, -0.2) is 36.3 Å². The molecule has 0 aliphatic rings. The van der Waals surface area contributed by atoms with Crippen LogP contribution in [0.15, 0.2) is 22.9 Å². The second-order valence-corrected chi connectivity index (χ2v) is 3.41. The van der Waals surface area contributed by atoms with Gasteiger partial charge in [0, 0.05) is 0 Å². The topological polar surface area (TPSA) is 93.8 Å². The Labute approximate surface area is 91.9 Å². The normalized spacial score (nSPS) is 10.2. The van der Waals surface area contributed by atoms with E-state index < -0.39 is 5.97 Å². The van der Waals surface area contributed by atoms with Crippen molar-refractivity contribution in [3.05, 3.63) is 28.6 Å². The van der Waals surface area contributed by atoms with Gasteiger partial charge in [0.15, 0.2) is 11.5 Å². The Morgan fingerprint density at radius 2 is 2.27 bits per heavy atom. The molecule has 0 unspecified atom stereocenters. The van der Waals surface area contributed by atoms with Crippen molar-refractivity contribution < 1.29 is 9.90 Å². The highest BCUT2D eigenvalue weighted by Gasteiger charge is 2.12. The van der Waals surface area contributed by atoms with E-state index in [0.29, 0.717) is 10.3 Å². The lowest BCUT2D eigenvalue weighted by molar-refractivity contribution is 0.0689. The van der Waals surface area contributed by atoms with E-state index in [1.54, 1.807) is 12.1 Å². The Hall–Kier alpha value is -1.83. The Balaban J connectivity index is 2.52. The zero-order valence-corrected chi connectivity index (χ0v) is 8.79. The van der Waals surface area contributed by atoms with E-state index in [4.69, 9.17) is 5.11 Å². The molecule has 76 valence electrons. The summed E-state index contributed by atoms with van der Waals surface area (Å²) in [5.74, 6) is -0.766. The lowest BCUT2D eigenvalue weighted by Crippen LogP contribution is -2.06. The zero-order valence-electron chi connectivity index (χ0n) is 7.20. The summed E-state index contributed by atoms with van der Waals surface area (Å²) in [6.45, 7) is 0. The first-order valence-corrected chi connectivity index (χ1v) is 4.61. The quantitative estimate of drug-likeness (QED) is 0.854. The van der Waals surface area contributed by atoms with Gasteiger partial charge in [0.1, 0.15) is 6.33 Å². The number of carboxylic acid groups (broad SMARTS) is 1. The second kappa shape index (κ2) is 3.73. The van der Waals surface area contributed by atoms with Gasteiger partial charge in [-0.25, -0.2) is 9.78 Å². The van der Waals surface area contributed by atoms with Gasteiger partial charge in [0.2, 0.25) is 0 Å². The van der Waals surface area contributed by atoms with Crippen LogP contribution in [-0.2, 0) is 0 Å². The maximum Gasteiger partial charge on any atom is 0.355 e. The molecule has 2 aromatic heterocycles. The molecule has 0 fully saturated rings. The fourth-order valence-electron chi connectivity index (χ4n) is 0.976. The van der Waals surface area contributed by atoms with Crippen LogP contribution in [0.5, 0.6) is 0 Å². The van der Waals surface area contributed by atoms with E-state index >= 15 is 0 Å². The number of hydrogen-bond acceptors (Lipinski definition) is 5. The van der Waals surface area contributed by atoms with Crippen LogP contribution in [0.25, 0.3) is 5.82 Å². The number of aromatic nitrogens is 5. The molecule has 0 saturated carbocycles. The molecule has 2 heterocycles. The predicted octanol–water partition coefficient (Wildman–Crippen LogP) is 0.518. The summed E-state index contributed by atoms with van der Waals surface area (Å²) >= 11 is 3.09. The number of carbonyl (C=O) groups is 1. The van der Waals surface area contributed by atoms with E-state index in [2.05, 4.69) is 36.4 Å². The molecule has 8 heteroatoms. The van der Waals surface area contributed by atoms with Crippen LogP contribution in [0.2, 0.25) is 0 Å². The third-order valence-corrected chi connectivity index (χ3v) is 2.26. The summed E-state index contributed by atoms with van der Waals surface area (Å²) in [4.78, 5) is 14.7. The summed E-state index contributed by atoms with van der Waals surface area (Å²) in [5.41, 5.74) is -0.0806. The Morgan fingerprint density at radius 3 is 2.87 bits per heavy atom. The van der Waals surface area contributed by atoms with Crippen molar-refractivity contribution in [2.75, 3.05) is 0 Å². The fourth-order valence-corrected chi connectivity index (χ4v) is 1.37. The van der Waals surface area contributed by atoms with Crippen molar-refractivity contribution in [1.82, 2.24) is 25.2 Å². The van der Waals surface area contributed by atoms with Gasteiger partial charge in [-0.2, -0.15) is 4.68 Å². The first-order chi connectivity index (χ1) is 7.18. The first kappa shape index (κ1) is 9.71. The molecule has 0 aromatic carbocycles. The van der Waals surface area contributed by atoms with Gasteiger partial charge in [-0.05, 0) is 38.5 Å². The van der Waals surface area contributed by atoms with Crippen molar-refractivity contribution >= 4 is 21.9 Å². The van der Waals surface area contributed by atoms with E-state index in [0.717, 1.165) is 0 Å². The van der Waals surface area contributed by atoms with Crippen LogP contribution < -0.4 is 0 Å². The molecular weight excluding hydrogens is 266 g/mol. The third-order valence-electron chi connectivity index (χ3n) is 1.62. The molecular formula is C7H4BrN5O2. The van der Waals surface area contributed by atoms with Gasteiger partial charge in [0.25, 0.3) is 0 Å². The predicted molar refractivity (Wildman–Crippen MR) is 51.6 cm³/mol. The molecule has 1 N–H and O–H groups in total. The van der Waals surface area contributed by atoms with Gasteiger partial charge in [-0.1, -0.05) is 0 Å². The van der Waals surface area contributed by atoms with E-state index in [-0.39, 0.29) is 5.69 Å². The molecule has 15 heavy (non-hydrogen) atoms. The van der Waals surface area contributed by atoms with Crippen LogP contribution in [0.4, 0.5) is 0 Å². The SMILES string of the molecule is O=C(O)c1nc(-n2cnnn2)ccc1Br. The Bertz CT molecular complexity index is 498. The van der Waals surface area contributed by atoms with Crippen LogP contribution >= 0.6 is 15.9 Å². The number of tetrazole rings is 1. The summed E-state index contributed by atoms with van der Waals surface area (Å²) in [6, 6.07) is 3.18. The third kappa shape index (κ3) is 1.84. The van der Waals surface area contributed by atoms with Crippen LogP contribution in [0.3, 0.4) is 0 Å². The van der Waals surface area contributed by atoms with Crippen molar-refractivity contribution in [3.63, 3.8) is 0 Å². The average molecular weight is 270 g/mol. The van der Waals surface area contributed by atoms with E-state index in [1.807, 2.05) is 0 Å². The van der Waals surface area contributed by atoms with E-state index in [9.17, 15) is 4.79 Å². The van der Waals surface area contributed by atoms with Gasteiger partial charge >= 0.3 is 5.97 Å². The highest BCUT2D eigenvalue weighted by Crippen LogP contribution is 2.16. The number of hydrogen-bond donors (Lipinski definition) is 1. The lowest BCUT2D eigenvalue weighted by atomic mass is 10.3. The lowest BCUT2D eigenvalue weighted by Gasteiger charge is -2.01. The Kier molecular flexibility index (Phi) is 2.42. The zero-order chi connectivity index (χ0) is 10.8. The summed E-state index contributed by atoms with van der Waals surface area (Å²) in [6.07, 6.45) is 1.34. The summed E-state index contributed by atoms with van der Waals surface area (Å²) in [7, 11) is 0. The molecule has 0 bridgehead atoms. The summed E-state index contributed by atoms with van der Waals surface area (Å²) < 4.78 is 1.69. The molecule has 0 saturated heterocycles. The molecule has 2 aromatic rings. The molecule has 0 spiro atoms. The van der Waals surface area contributed by atoms with Crippen molar-refractivity contribution in [2.24, 2.45) is 0 Å². The number of carboxylic acids is 1. The van der Waals surface area contributed by atoms with Crippen molar-refractivity contribution in [3.8, 4) is 5.82 Å². The smallest absolute Gasteiger partial charge is 0.355 e. The second-order valence-electron chi connectivity index (χ2n) is 2.56. The van der Waals surface area contributed by atoms with Gasteiger partial charge < -0.3 is 5.11 Å². The molecule has 0 atom stereocenters. The Morgan fingerprint density at radius 1 is 1.47 bits per heavy atom. The minimum Gasteiger partial charge on any atom is -0.476 e. The largest absolute Gasteiger partial charge is 0.476 e. The highest BCUT2D eigenvalue weighted by atomic mass is 79.9. The molecule has 2 rings (SSSR count). The average Bonchev–Trinajstić information content (AvgIpc) is 2.71. The molecule has 0 aliphatic heterocycles. The molecule has 0 radical (unpaired) electrons. The molecule has 7 nitrogen and oxygen atoms in total. The monoisotopic (exact) mass is 269 g/mol. The number of pyridine rings is 1. The fraction of sp³-hybridized carbons (Fsp3) is 0. The number of nitrogens with zero attached hydrogens (tertiary/aromatic N) is 5. The minimum absolute atomic E-state index is 0.0806. The number of halogens is 1. The van der Waals surface area contributed by atoms with Gasteiger partial charge in [-0.15, -0.1) is 5.10 Å². The van der Waals surface area contributed by atoms with Crippen LogP contribution in [0.1, 0.15) is 10.5 Å². The molecule has 0 amide bonds. The number of aromatic carboxylic acids is 1. The highest BCUT2D eigenvalue weighted by molar-refractivity contribution is 9.10. The maximum atomic E-state index is 10.8. The van der Waals surface area contributed by atoms with Gasteiger partial charge in [0.05, 0.1) is 4.47 Å². The standard InChI is InChI=1S/C7H4BrN5O2/c8-4-1-2-5(10-6(4)7(14)15)13-3-9-11-12-13/h1-3H,(H,14,15). The number of rotatable bonds is 2. The first-order valence-electron chi connectivity index (χ1n) is 3.81. The minimum atomic E-state index is -1.11. The maximum absolute atomic E-state index is 10.8. The van der Waals surface area contributed by atoms with E-state index in [1.165, 1.54) is 11.0 Å². The van der Waals surface area contributed by atoms with Crippen LogP contribution in [0, 0.1) is 0 Å². The van der Waals surface area contributed by atoms with Crippen molar-refractivity contribution in [1.29, 1.82) is 0 Å². The van der Waals surface area contributed by atoms with Crippen molar-refractivity contribution in [2.45, 2.75) is 0 Å². The van der Waals surface area contributed by atoms with Gasteiger partial charge in [-0.3, -0.25) is 0 Å².